The van der Waals surface area contributed by atoms with Gasteiger partial charge in [0.25, 0.3) is 0 Å². The van der Waals surface area contributed by atoms with Crippen LogP contribution >= 0.6 is 23.1 Å². The lowest BCUT2D eigenvalue weighted by molar-refractivity contribution is -0.118. The molecule has 1 aliphatic rings. The van der Waals surface area contributed by atoms with Gasteiger partial charge in [-0.05, 0) is 23.4 Å². The Morgan fingerprint density at radius 2 is 2.05 bits per heavy atom. The molecule has 0 unspecified atom stereocenters. The first-order valence-electron chi connectivity index (χ1n) is 6.47. The molecule has 1 fully saturated rings. The lowest BCUT2D eigenvalue weighted by Gasteiger charge is -2.04. The van der Waals surface area contributed by atoms with E-state index >= 15 is 0 Å². The Labute approximate surface area is 131 Å². The van der Waals surface area contributed by atoms with Gasteiger partial charge in [-0.15, -0.1) is 16.4 Å². The van der Waals surface area contributed by atoms with E-state index < -0.39 is 0 Å². The number of thioether (sulfide) groups is 1. The Morgan fingerprint density at radius 1 is 1.19 bits per heavy atom. The lowest BCUT2D eigenvalue weighted by Crippen LogP contribution is -2.25. The summed E-state index contributed by atoms with van der Waals surface area (Å²) in [6.45, 7) is 0. The van der Waals surface area contributed by atoms with E-state index in [1.807, 2.05) is 47.8 Å². The number of rotatable bonds is 4. The standard InChI is InChI=1S/C15H13N3OS2/c19-14-13(9-11-5-2-1-3-6-11)21-15(17-14)18-16-10-12-7-4-8-20-12/h1-8,10,13H,9H2,(H,17,18,19)/b16-10-/t13-/m1/s1. The molecule has 1 amide bonds. The quantitative estimate of drug-likeness (QED) is 0.697. The summed E-state index contributed by atoms with van der Waals surface area (Å²) in [5.74, 6) is -0.00562. The number of nitrogens with one attached hydrogen (secondary N) is 1. The molecule has 1 atom stereocenters. The van der Waals surface area contributed by atoms with Crippen LogP contribution in [0.25, 0.3) is 0 Å². The van der Waals surface area contributed by atoms with E-state index in [1.54, 1.807) is 17.6 Å². The Bertz CT molecular complexity index is 665. The number of amides is 1. The van der Waals surface area contributed by atoms with Crippen LogP contribution in [0.3, 0.4) is 0 Å². The molecule has 1 saturated heterocycles. The largest absolute Gasteiger partial charge is 0.303 e. The molecule has 0 saturated carbocycles. The first-order chi connectivity index (χ1) is 10.3. The SMILES string of the molecule is O=C1N/C(=N\N=C/c2cccs2)S[C@@H]1Cc1ccccc1. The smallest absolute Gasteiger partial charge is 0.239 e. The molecule has 21 heavy (non-hydrogen) atoms. The minimum atomic E-state index is -0.136. The number of carbonyl (C=O) groups is 1. The monoisotopic (exact) mass is 315 g/mol. The van der Waals surface area contributed by atoms with Crippen LogP contribution in [0.4, 0.5) is 0 Å². The molecule has 106 valence electrons. The highest BCUT2D eigenvalue weighted by molar-refractivity contribution is 8.15. The predicted octanol–water partition coefficient (Wildman–Crippen LogP) is 2.91. The molecule has 4 nitrogen and oxygen atoms in total. The van der Waals surface area contributed by atoms with E-state index in [1.165, 1.54) is 11.8 Å². The number of hydrogen-bond donors (Lipinski definition) is 1. The minimum Gasteiger partial charge on any atom is -0.303 e. The summed E-state index contributed by atoms with van der Waals surface area (Å²) in [4.78, 5) is 13.0. The van der Waals surface area contributed by atoms with Crippen LogP contribution in [-0.4, -0.2) is 22.5 Å². The second-order valence-corrected chi connectivity index (χ2v) is 6.62. The maximum absolute atomic E-state index is 11.9. The summed E-state index contributed by atoms with van der Waals surface area (Å²) in [5, 5.41) is 13.3. The molecule has 2 aromatic rings. The predicted molar refractivity (Wildman–Crippen MR) is 89.0 cm³/mol. The zero-order valence-corrected chi connectivity index (χ0v) is 12.7. The maximum Gasteiger partial charge on any atom is 0.239 e. The van der Waals surface area contributed by atoms with Crippen LogP contribution in [0.2, 0.25) is 0 Å². The van der Waals surface area contributed by atoms with Crippen molar-refractivity contribution in [2.45, 2.75) is 11.7 Å². The average Bonchev–Trinajstić information content (AvgIpc) is 3.11. The van der Waals surface area contributed by atoms with Crippen LogP contribution < -0.4 is 5.32 Å². The van der Waals surface area contributed by atoms with Crippen LogP contribution in [0.5, 0.6) is 0 Å². The van der Waals surface area contributed by atoms with E-state index in [-0.39, 0.29) is 11.2 Å². The molecule has 1 aliphatic heterocycles. The fraction of sp³-hybridized carbons (Fsp3) is 0.133. The number of thiophene rings is 1. The fourth-order valence-electron chi connectivity index (χ4n) is 1.92. The Morgan fingerprint density at radius 3 is 2.81 bits per heavy atom. The highest BCUT2D eigenvalue weighted by atomic mass is 32.2. The van der Waals surface area contributed by atoms with E-state index in [2.05, 4.69) is 15.5 Å². The van der Waals surface area contributed by atoms with E-state index in [9.17, 15) is 4.79 Å². The molecule has 1 N–H and O–H groups in total. The van der Waals surface area contributed by atoms with Gasteiger partial charge < -0.3 is 5.32 Å². The Kier molecular flexibility index (Phi) is 4.47. The van der Waals surface area contributed by atoms with Crippen molar-refractivity contribution in [3.05, 3.63) is 58.3 Å². The van der Waals surface area contributed by atoms with E-state index in [0.29, 0.717) is 11.6 Å². The third kappa shape index (κ3) is 3.80. The van der Waals surface area contributed by atoms with Gasteiger partial charge in [-0.25, -0.2) is 0 Å². The highest BCUT2D eigenvalue weighted by Crippen LogP contribution is 2.23. The highest BCUT2D eigenvalue weighted by Gasteiger charge is 2.30. The van der Waals surface area contributed by atoms with Crippen molar-refractivity contribution in [3.8, 4) is 0 Å². The fourth-order valence-corrected chi connectivity index (χ4v) is 3.46. The van der Waals surface area contributed by atoms with Gasteiger partial charge >= 0.3 is 0 Å². The van der Waals surface area contributed by atoms with Gasteiger partial charge in [0.2, 0.25) is 5.91 Å². The van der Waals surface area contributed by atoms with Crippen LogP contribution in [-0.2, 0) is 11.2 Å². The Hall–Kier alpha value is -1.92. The summed E-state index contributed by atoms with van der Waals surface area (Å²) in [6.07, 6.45) is 2.39. The average molecular weight is 315 g/mol. The second-order valence-electron chi connectivity index (χ2n) is 4.45. The van der Waals surface area contributed by atoms with Crippen molar-refractivity contribution in [2.24, 2.45) is 10.2 Å². The summed E-state index contributed by atoms with van der Waals surface area (Å²) in [7, 11) is 0. The molecule has 2 heterocycles. The van der Waals surface area contributed by atoms with Crippen LogP contribution in [0.15, 0.2) is 58.0 Å². The van der Waals surface area contributed by atoms with Crippen molar-refractivity contribution in [2.75, 3.05) is 0 Å². The second kappa shape index (κ2) is 6.69. The normalized spacial score (nSPS) is 20.3. The molecular weight excluding hydrogens is 302 g/mol. The van der Waals surface area contributed by atoms with Gasteiger partial charge in [-0.3, -0.25) is 4.79 Å². The number of carbonyl (C=O) groups excluding carboxylic acids is 1. The maximum atomic E-state index is 11.9. The van der Waals surface area contributed by atoms with Gasteiger partial charge in [-0.2, -0.15) is 5.10 Å². The summed E-state index contributed by atoms with van der Waals surface area (Å²) < 4.78 is 0. The van der Waals surface area contributed by atoms with E-state index in [0.717, 1.165) is 10.4 Å². The number of benzene rings is 1. The molecule has 1 aromatic carbocycles. The van der Waals surface area contributed by atoms with Crippen molar-refractivity contribution >= 4 is 40.4 Å². The molecule has 1 aromatic heterocycles. The molecule has 6 heteroatoms. The van der Waals surface area contributed by atoms with Crippen LogP contribution in [0.1, 0.15) is 10.4 Å². The van der Waals surface area contributed by atoms with Crippen molar-refractivity contribution in [1.29, 1.82) is 0 Å². The van der Waals surface area contributed by atoms with Gasteiger partial charge in [0.1, 0.15) is 0 Å². The number of amidine groups is 1. The minimum absolute atomic E-state index is 0.00562. The van der Waals surface area contributed by atoms with E-state index in [4.69, 9.17) is 0 Å². The van der Waals surface area contributed by atoms with Gasteiger partial charge in [0.05, 0.1) is 11.5 Å². The zero-order valence-electron chi connectivity index (χ0n) is 11.1. The summed E-state index contributed by atoms with van der Waals surface area (Å²) >= 11 is 3.03. The lowest BCUT2D eigenvalue weighted by atomic mass is 10.1. The number of hydrogen-bond acceptors (Lipinski definition) is 5. The molecular formula is C15H13N3OS2. The van der Waals surface area contributed by atoms with Gasteiger partial charge in [-0.1, -0.05) is 48.2 Å². The topological polar surface area (TPSA) is 53.8 Å². The summed E-state index contributed by atoms with van der Waals surface area (Å²) in [6, 6.07) is 13.9. The van der Waals surface area contributed by atoms with Gasteiger partial charge in [0.15, 0.2) is 5.17 Å². The Balaban J connectivity index is 1.62. The molecule has 0 bridgehead atoms. The van der Waals surface area contributed by atoms with Crippen molar-refractivity contribution in [3.63, 3.8) is 0 Å². The molecule has 3 rings (SSSR count). The first kappa shape index (κ1) is 14.0. The third-order valence-corrected chi connectivity index (χ3v) is 4.80. The van der Waals surface area contributed by atoms with Crippen molar-refractivity contribution in [1.82, 2.24) is 5.32 Å². The first-order valence-corrected chi connectivity index (χ1v) is 8.23. The number of nitrogens with zero attached hydrogens (tertiary/aromatic N) is 2. The summed E-state index contributed by atoms with van der Waals surface area (Å²) in [5.41, 5.74) is 1.15. The van der Waals surface area contributed by atoms with Crippen molar-refractivity contribution < 1.29 is 4.79 Å². The third-order valence-electron chi connectivity index (χ3n) is 2.92. The van der Waals surface area contributed by atoms with Crippen LogP contribution in [0, 0.1) is 0 Å². The zero-order chi connectivity index (χ0) is 14.5. The molecule has 0 radical (unpaired) electrons. The molecule has 0 spiro atoms. The molecule has 0 aliphatic carbocycles. The van der Waals surface area contributed by atoms with Gasteiger partial charge in [0, 0.05) is 4.88 Å².